The maximum Gasteiger partial charge on any atom is 0.0518 e. The highest BCUT2D eigenvalue weighted by Crippen LogP contribution is 2.09. The van der Waals surface area contributed by atoms with Crippen LogP contribution in [0, 0.1) is 0 Å². The number of H-pyrrole nitrogens is 1. The van der Waals surface area contributed by atoms with Crippen LogP contribution in [0.4, 0.5) is 0 Å². The molecule has 1 rings (SSSR count). The molecule has 0 spiro atoms. The molecular formula is C11H22N4. The van der Waals surface area contributed by atoms with Crippen LogP contribution >= 0.6 is 0 Å². The van der Waals surface area contributed by atoms with Gasteiger partial charge in [-0.2, -0.15) is 5.10 Å². The Morgan fingerprint density at radius 1 is 1.47 bits per heavy atom. The van der Waals surface area contributed by atoms with E-state index in [0.29, 0.717) is 12.1 Å². The summed E-state index contributed by atoms with van der Waals surface area (Å²) in [5.74, 6) is 0. The van der Waals surface area contributed by atoms with Gasteiger partial charge >= 0.3 is 0 Å². The molecule has 2 N–H and O–H groups in total. The molecule has 15 heavy (non-hydrogen) atoms. The highest BCUT2D eigenvalue weighted by Gasteiger charge is 2.10. The molecule has 0 amide bonds. The Hall–Kier alpha value is -0.870. The van der Waals surface area contributed by atoms with E-state index < -0.39 is 0 Å². The van der Waals surface area contributed by atoms with E-state index in [1.807, 2.05) is 6.07 Å². The van der Waals surface area contributed by atoms with Crippen LogP contribution in [0.1, 0.15) is 32.0 Å². The van der Waals surface area contributed by atoms with Crippen molar-refractivity contribution in [3.8, 4) is 0 Å². The summed E-state index contributed by atoms with van der Waals surface area (Å²) >= 11 is 0. The Labute approximate surface area is 92.1 Å². The predicted molar refractivity (Wildman–Crippen MR) is 62.8 cm³/mol. The first-order valence-electron chi connectivity index (χ1n) is 5.49. The summed E-state index contributed by atoms with van der Waals surface area (Å²) < 4.78 is 0. The molecule has 0 fully saturated rings. The van der Waals surface area contributed by atoms with Crippen molar-refractivity contribution in [2.45, 2.75) is 32.4 Å². The topological polar surface area (TPSA) is 44.0 Å². The van der Waals surface area contributed by atoms with Gasteiger partial charge in [0.15, 0.2) is 0 Å². The van der Waals surface area contributed by atoms with Crippen LogP contribution in [0.15, 0.2) is 12.3 Å². The van der Waals surface area contributed by atoms with Gasteiger partial charge < -0.3 is 10.2 Å². The molecule has 0 aromatic carbocycles. The molecule has 4 nitrogen and oxygen atoms in total. The van der Waals surface area contributed by atoms with Crippen LogP contribution in [0.2, 0.25) is 0 Å². The molecule has 2 unspecified atom stereocenters. The standard InChI is InChI=1S/C11H22N4/c1-9(6-8-15(3)4)13-10(2)11-5-7-12-14-11/h5,7,9-10,13H,6,8H2,1-4H3,(H,12,14). The normalized spacial score (nSPS) is 15.5. The smallest absolute Gasteiger partial charge is 0.0518 e. The van der Waals surface area contributed by atoms with Crippen LogP contribution in [0.3, 0.4) is 0 Å². The second-order valence-electron chi connectivity index (χ2n) is 4.39. The Bertz CT molecular complexity index is 256. The third kappa shape index (κ3) is 4.44. The fraction of sp³-hybridized carbons (Fsp3) is 0.727. The zero-order valence-corrected chi connectivity index (χ0v) is 10.1. The Morgan fingerprint density at radius 3 is 2.73 bits per heavy atom. The largest absolute Gasteiger partial charge is 0.309 e. The third-order valence-corrected chi connectivity index (χ3v) is 2.53. The first-order valence-corrected chi connectivity index (χ1v) is 5.49. The average molecular weight is 210 g/mol. The lowest BCUT2D eigenvalue weighted by molar-refractivity contribution is 0.353. The Balaban J connectivity index is 2.28. The fourth-order valence-corrected chi connectivity index (χ4v) is 1.56. The zero-order valence-electron chi connectivity index (χ0n) is 10.1. The van der Waals surface area contributed by atoms with Crippen molar-refractivity contribution in [1.29, 1.82) is 0 Å². The Kier molecular flexibility index (Phi) is 4.78. The number of nitrogens with zero attached hydrogens (tertiary/aromatic N) is 2. The molecule has 0 radical (unpaired) electrons. The van der Waals surface area contributed by atoms with E-state index in [-0.39, 0.29) is 0 Å². The van der Waals surface area contributed by atoms with Gasteiger partial charge in [-0.05, 0) is 47.0 Å². The van der Waals surface area contributed by atoms with Crippen molar-refractivity contribution in [2.24, 2.45) is 0 Å². The SMILES string of the molecule is CC(CCN(C)C)NC(C)c1ccn[nH]1. The van der Waals surface area contributed by atoms with Crippen molar-refractivity contribution in [3.05, 3.63) is 18.0 Å². The molecule has 86 valence electrons. The van der Waals surface area contributed by atoms with Crippen molar-refractivity contribution < 1.29 is 0 Å². The predicted octanol–water partition coefficient (Wildman–Crippen LogP) is 1.40. The van der Waals surface area contributed by atoms with Gasteiger partial charge in [-0.25, -0.2) is 0 Å². The minimum absolute atomic E-state index is 0.338. The number of hydrogen-bond acceptors (Lipinski definition) is 3. The summed E-state index contributed by atoms with van der Waals surface area (Å²) in [6.07, 6.45) is 2.95. The molecular weight excluding hydrogens is 188 g/mol. The Morgan fingerprint density at radius 2 is 2.20 bits per heavy atom. The van der Waals surface area contributed by atoms with Gasteiger partial charge in [0, 0.05) is 18.3 Å². The van der Waals surface area contributed by atoms with Gasteiger partial charge in [0.1, 0.15) is 0 Å². The molecule has 4 heteroatoms. The highest BCUT2D eigenvalue weighted by molar-refractivity contribution is 5.03. The molecule has 0 aliphatic rings. The van der Waals surface area contributed by atoms with Crippen LogP contribution in [-0.2, 0) is 0 Å². The summed E-state index contributed by atoms with van der Waals surface area (Å²) in [5, 5.41) is 10.5. The maximum absolute atomic E-state index is 3.95. The van der Waals surface area contributed by atoms with E-state index in [1.165, 1.54) is 0 Å². The number of hydrogen-bond donors (Lipinski definition) is 2. The molecule has 0 aliphatic heterocycles. The maximum atomic E-state index is 3.95. The summed E-state index contributed by atoms with van der Waals surface area (Å²) in [4.78, 5) is 2.21. The number of rotatable bonds is 6. The quantitative estimate of drug-likeness (QED) is 0.746. The van der Waals surface area contributed by atoms with Crippen LogP contribution in [-0.4, -0.2) is 41.8 Å². The van der Waals surface area contributed by atoms with Gasteiger partial charge in [-0.1, -0.05) is 0 Å². The first-order chi connectivity index (χ1) is 7.09. The second kappa shape index (κ2) is 5.88. The third-order valence-electron chi connectivity index (χ3n) is 2.53. The molecule has 1 aromatic heterocycles. The van der Waals surface area contributed by atoms with E-state index in [4.69, 9.17) is 0 Å². The minimum Gasteiger partial charge on any atom is -0.309 e. The number of nitrogens with one attached hydrogen (secondary N) is 2. The van der Waals surface area contributed by atoms with Crippen LogP contribution in [0.25, 0.3) is 0 Å². The number of aromatic amines is 1. The first kappa shape index (κ1) is 12.2. The molecule has 2 atom stereocenters. The van der Waals surface area contributed by atoms with Crippen molar-refractivity contribution >= 4 is 0 Å². The molecule has 1 aromatic rings. The van der Waals surface area contributed by atoms with Gasteiger partial charge in [-0.15, -0.1) is 0 Å². The monoisotopic (exact) mass is 210 g/mol. The van der Waals surface area contributed by atoms with E-state index in [1.54, 1.807) is 6.20 Å². The average Bonchev–Trinajstić information content (AvgIpc) is 2.67. The number of aromatic nitrogens is 2. The van der Waals surface area contributed by atoms with Gasteiger partial charge in [0.25, 0.3) is 0 Å². The molecule has 0 saturated heterocycles. The van der Waals surface area contributed by atoms with E-state index >= 15 is 0 Å². The van der Waals surface area contributed by atoms with Gasteiger partial charge in [-0.3, -0.25) is 5.10 Å². The molecule has 0 saturated carbocycles. The fourth-order valence-electron chi connectivity index (χ4n) is 1.56. The van der Waals surface area contributed by atoms with E-state index in [2.05, 4.69) is 48.4 Å². The molecule has 0 bridgehead atoms. The lowest BCUT2D eigenvalue weighted by atomic mass is 10.1. The lowest BCUT2D eigenvalue weighted by Gasteiger charge is -2.20. The lowest BCUT2D eigenvalue weighted by Crippen LogP contribution is -2.32. The molecule has 0 aliphatic carbocycles. The second-order valence-corrected chi connectivity index (χ2v) is 4.39. The van der Waals surface area contributed by atoms with Crippen molar-refractivity contribution in [1.82, 2.24) is 20.4 Å². The summed E-state index contributed by atoms with van der Waals surface area (Å²) in [7, 11) is 4.20. The van der Waals surface area contributed by atoms with Crippen LogP contribution in [0.5, 0.6) is 0 Å². The zero-order chi connectivity index (χ0) is 11.3. The van der Waals surface area contributed by atoms with Crippen molar-refractivity contribution in [3.63, 3.8) is 0 Å². The highest BCUT2D eigenvalue weighted by atomic mass is 15.1. The van der Waals surface area contributed by atoms with E-state index in [0.717, 1.165) is 18.7 Å². The minimum atomic E-state index is 0.338. The molecule has 1 heterocycles. The van der Waals surface area contributed by atoms with Gasteiger partial charge in [0.05, 0.1) is 5.69 Å². The van der Waals surface area contributed by atoms with Gasteiger partial charge in [0.2, 0.25) is 0 Å². The summed E-state index contributed by atoms with van der Waals surface area (Å²) in [5.41, 5.74) is 1.15. The summed E-state index contributed by atoms with van der Waals surface area (Å²) in [6.45, 7) is 5.49. The van der Waals surface area contributed by atoms with E-state index in [9.17, 15) is 0 Å². The van der Waals surface area contributed by atoms with Crippen LogP contribution < -0.4 is 5.32 Å². The summed E-state index contributed by atoms with van der Waals surface area (Å²) in [6, 6.07) is 2.87. The van der Waals surface area contributed by atoms with Crippen molar-refractivity contribution in [2.75, 3.05) is 20.6 Å².